The fourth-order valence-corrected chi connectivity index (χ4v) is 13.5. The monoisotopic (exact) mass is 1670 g/mol. The van der Waals surface area contributed by atoms with Crippen LogP contribution < -0.4 is 0 Å². The van der Waals surface area contributed by atoms with Gasteiger partial charge in [-0.3, -0.25) is 4.79 Å². The SMILES string of the molecule is C.C=C1OC(C(C)C)c2ccccc21.C=C1OC(C)=C(CC(C)C)O1.CC(C)CCC(C)(C)C.CC(C)CCC(C)C.CC(C)CCC1CCCCC1.CC(C)CCCC(C)C.CC(C)Cc1ccccc1.CCC(CC)CC(C)C.CCCCCC(C)C.CCCCCCC(C)C.CCCCCCCC(C)C.CCN(CC)C(=O)CC(C)C. The summed E-state index contributed by atoms with van der Waals surface area (Å²) in [5, 5.41) is 0. The molecular weight excluding hydrogens is 1450 g/mol. The number of ether oxygens (including phenoxy) is 3. The Bertz CT molecular complexity index is 2410. The molecule has 2 heterocycles. The van der Waals surface area contributed by atoms with Crippen LogP contribution in [0.15, 0.2) is 85.2 Å². The van der Waals surface area contributed by atoms with E-state index in [0.717, 1.165) is 114 Å². The first kappa shape index (κ1) is 131. The minimum atomic E-state index is 0. The van der Waals surface area contributed by atoms with Crippen LogP contribution >= 0.6 is 0 Å². The fourth-order valence-electron chi connectivity index (χ4n) is 13.5. The molecule has 3 aliphatic rings. The van der Waals surface area contributed by atoms with Gasteiger partial charge in [0.1, 0.15) is 23.4 Å². The van der Waals surface area contributed by atoms with Crippen LogP contribution in [-0.4, -0.2) is 23.9 Å². The number of benzene rings is 2. The number of hydrogen-bond donors (Lipinski definition) is 0. The van der Waals surface area contributed by atoms with Crippen LogP contribution in [0.1, 0.15) is 519 Å². The van der Waals surface area contributed by atoms with Gasteiger partial charge < -0.3 is 19.1 Å². The number of carbonyl (C=O) groups excluding carboxylic acids is 1. The zero-order chi connectivity index (χ0) is 92.2. The van der Waals surface area contributed by atoms with Crippen LogP contribution in [0.2, 0.25) is 0 Å². The molecule has 1 amide bonds. The first-order valence-corrected chi connectivity index (χ1v) is 50.7. The molecule has 1 aliphatic carbocycles. The predicted octanol–water partition coefficient (Wildman–Crippen LogP) is 39.9. The molecule has 2 aliphatic heterocycles. The Labute approximate surface area is 754 Å². The van der Waals surface area contributed by atoms with Crippen LogP contribution in [-0.2, 0) is 25.4 Å². The highest BCUT2D eigenvalue weighted by Gasteiger charge is 2.29. The Morgan fingerprint density at radius 1 is 0.429 bits per heavy atom. The van der Waals surface area contributed by atoms with Gasteiger partial charge in [-0.05, 0) is 152 Å². The summed E-state index contributed by atoms with van der Waals surface area (Å²) in [7, 11) is 0. The quantitative estimate of drug-likeness (QED) is 0.0624. The maximum Gasteiger partial charge on any atom is 0.282 e. The number of unbranched alkanes of at least 4 members (excludes halogenated alkanes) is 9. The summed E-state index contributed by atoms with van der Waals surface area (Å²) in [6.07, 6.45) is 48.5. The van der Waals surface area contributed by atoms with Crippen molar-refractivity contribution in [3.05, 3.63) is 102 Å². The summed E-state index contributed by atoms with van der Waals surface area (Å²) in [4.78, 5) is 13.2. The smallest absolute Gasteiger partial charge is 0.282 e. The van der Waals surface area contributed by atoms with Gasteiger partial charge in [-0.25, -0.2) is 0 Å². The molecule has 0 radical (unpaired) electrons. The third-order valence-corrected chi connectivity index (χ3v) is 21.2. The molecule has 1 fully saturated rings. The van der Waals surface area contributed by atoms with Crippen molar-refractivity contribution < 1.29 is 19.0 Å². The molecule has 5 heteroatoms. The second-order valence-electron chi connectivity index (χ2n) is 42.3. The second kappa shape index (κ2) is 88.0. The molecule has 1 saturated carbocycles. The summed E-state index contributed by atoms with van der Waals surface area (Å²) in [5.74, 6) is 16.6. The van der Waals surface area contributed by atoms with Crippen LogP contribution in [0.5, 0.6) is 0 Å². The van der Waals surface area contributed by atoms with E-state index in [1.807, 2.05) is 31.7 Å². The lowest BCUT2D eigenvalue weighted by molar-refractivity contribution is -0.131. The van der Waals surface area contributed by atoms with Crippen molar-refractivity contribution in [3.63, 3.8) is 0 Å². The molecule has 0 spiro atoms. The highest BCUT2D eigenvalue weighted by Crippen LogP contribution is 2.41. The van der Waals surface area contributed by atoms with Gasteiger partial charge in [-0.2, -0.15) is 0 Å². The van der Waals surface area contributed by atoms with Gasteiger partial charge in [0, 0.05) is 37.1 Å². The maximum atomic E-state index is 11.3. The van der Waals surface area contributed by atoms with Crippen LogP contribution in [0.25, 0.3) is 5.76 Å². The Balaban J connectivity index is -0.000000189. The maximum absolute atomic E-state index is 11.3. The molecule has 710 valence electrons. The molecule has 0 saturated heterocycles. The number of rotatable bonds is 40. The lowest BCUT2D eigenvalue weighted by atomic mass is 9.85. The molecule has 1 atom stereocenters. The van der Waals surface area contributed by atoms with E-state index >= 15 is 0 Å². The summed E-state index contributed by atoms with van der Waals surface area (Å²) >= 11 is 0. The van der Waals surface area contributed by atoms with Gasteiger partial charge in [0.2, 0.25) is 5.91 Å². The van der Waals surface area contributed by atoms with Crippen molar-refractivity contribution in [3.8, 4) is 0 Å². The van der Waals surface area contributed by atoms with E-state index < -0.39 is 0 Å². The van der Waals surface area contributed by atoms with Crippen molar-refractivity contribution >= 4 is 11.7 Å². The third kappa shape index (κ3) is 102. The molecular formula is C114H225NO4. The van der Waals surface area contributed by atoms with E-state index in [4.69, 9.17) is 14.2 Å². The van der Waals surface area contributed by atoms with Crippen molar-refractivity contribution in [1.29, 1.82) is 0 Å². The van der Waals surface area contributed by atoms with E-state index in [1.54, 1.807) is 0 Å². The molecule has 5 nitrogen and oxygen atoms in total. The van der Waals surface area contributed by atoms with Crippen molar-refractivity contribution in [2.45, 2.75) is 508 Å². The van der Waals surface area contributed by atoms with Crippen molar-refractivity contribution in [2.75, 3.05) is 13.1 Å². The van der Waals surface area contributed by atoms with Gasteiger partial charge >= 0.3 is 0 Å². The summed E-state index contributed by atoms with van der Waals surface area (Å²) in [5.41, 5.74) is 4.42. The Kier molecular flexibility index (Phi) is 96.9. The van der Waals surface area contributed by atoms with Crippen LogP contribution in [0.4, 0.5) is 0 Å². The topological polar surface area (TPSA) is 48.0 Å². The minimum Gasteiger partial charge on any atom is -0.485 e. The van der Waals surface area contributed by atoms with E-state index in [-0.39, 0.29) is 19.4 Å². The van der Waals surface area contributed by atoms with Crippen LogP contribution in [0, 0.1) is 100 Å². The zero-order valence-electron chi connectivity index (χ0n) is 88.2. The number of allylic oxidation sites excluding steroid dienone is 2. The number of amides is 1. The Hall–Kier alpha value is -3.47. The molecule has 119 heavy (non-hydrogen) atoms. The Morgan fingerprint density at radius 3 is 1.15 bits per heavy atom. The first-order chi connectivity index (χ1) is 55.2. The molecule has 2 aromatic carbocycles. The van der Waals surface area contributed by atoms with E-state index in [9.17, 15) is 4.79 Å². The standard InChI is InChI=1S/C12H14O.C11H22.C10H14.C10H22.C9H19NO.C9H14O2.4C9H20.2C8H18.CH4/c1-8(2)12-11-7-5-4-6-10(11)9(3)13-12;1-10(2)8-9-11-6-4-3-5-7-11;1-9(2)8-10-6-4-3-5-7-10;1-4-5-6-7-8-9-10(2)3;1-5-10(6-2)9(11)7-8(3)4;1-6(2)5-9-7(3)10-8(4)11-9;1-8(2)6-7-9(3,4)5;1-8(2)6-5-7-9(3)4;1-5-9(6-2)7-8(3)4;1-4-5-6-7-8-9(2)3;1-7(2)5-6-8(3)4;1-4-5-6-7-8(2)3;/h4-8,12H,3H2,1-2H3;10-11H,3-9H2,1-2H3;3-7,9H,8H2,1-2H3;10H,4-9H2,1-3H3;8H,5-7H2,1-4H3;6H,4-5H2,1-3H3;8H,6-7H2,1-5H3;2*8-9H,5-7H2,1-4H3;9H,4-8H2,1-3H3;7-8H,5-6H2,1-4H3;8H,4-7H2,1-3H3;1H4. The highest BCUT2D eigenvalue weighted by atomic mass is 16.7. The van der Waals surface area contributed by atoms with E-state index in [0.29, 0.717) is 35.5 Å². The number of fused-ring (bicyclic) bond motifs is 1. The lowest BCUT2D eigenvalue weighted by Crippen LogP contribution is -2.31. The van der Waals surface area contributed by atoms with E-state index in [1.165, 1.54) is 229 Å². The molecule has 1 unspecified atom stereocenters. The molecule has 0 aromatic heterocycles. The zero-order valence-corrected chi connectivity index (χ0v) is 88.2. The summed E-state index contributed by atoms with van der Waals surface area (Å²) < 4.78 is 16.1. The van der Waals surface area contributed by atoms with Gasteiger partial charge in [0.05, 0.1) is 0 Å². The first-order valence-electron chi connectivity index (χ1n) is 50.7. The van der Waals surface area contributed by atoms with E-state index in [2.05, 4.69) is 311 Å². The molecule has 5 rings (SSSR count). The van der Waals surface area contributed by atoms with Crippen LogP contribution in [0.3, 0.4) is 0 Å². The molecule has 2 aromatic rings. The normalized spacial score (nSPS) is 13.4. The summed E-state index contributed by atoms with van der Waals surface area (Å²) in [6.45, 7) is 96.5. The van der Waals surface area contributed by atoms with Gasteiger partial charge in [0.25, 0.3) is 5.95 Å². The number of hydrogen-bond acceptors (Lipinski definition) is 4. The molecule has 0 N–H and O–H groups in total. The third-order valence-electron chi connectivity index (χ3n) is 21.2. The summed E-state index contributed by atoms with van der Waals surface area (Å²) in [6, 6.07) is 18.9. The number of carbonyl (C=O) groups is 1. The lowest BCUT2D eigenvalue weighted by Gasteiger charge is -2.21. The fraction of sp³-hybridized carbons (Fsp3) is 0.833. The average Bonchev–Trinajstić information content (AvgIpc) is 1.66. The second-order valence-corrected chi connectivity index (χ2v) is 42.3. The predicted molar refractivity (Wildman–Crippen MR) is 548 cm³/mol. The highest BCUT2D eigenvalue weighted by molar-refractivity contribution is 5.76. The Morgan fingerprint density at radius 2 is 0.815 bits per heavy atom. The molecule has 0 bridgehead atoms. The number of nitrogens with zero attached hydrogens (tertiary/aromatic N) is 1. The average molecular weight is 1670 g/mol. The van der Waals surface area contributed by atoms with Gasteiger partial charge in [-0.15, -0.1) is 0 Å². The van der Waals surface area contributed by atoms with Gasteiger partial charge in [0.15, 0.2) is 0 Å². The van der Waals surface area contributed by atoms with Crippen molar-refractivity contribution in [2.24, 2.45) is 100 Å². The minimum absolute atomic E-state index is 0. The largest absolute Gasteiger partial charge is 0.485 e. The van der Waals surface area contributed by atoms with Crippen molar-refractivity contribution in [1.82, 2.24) is 4.90 Å². The van der Waals surface area contributed by atoms with Gasteiger partial charge in [-0.1, -0.05) is 510 Å².